The van der Waals surface area contributed by atoms with Crippen molar-refractivity contribution in [2.75, 3.05) is 6.26 Å². The van der Waals surface area contributed by atoms with Gasteiger partial charge in [0.2, 0.25) is 0 Å². The van der Waals surface area contributed by atoms with E-state index in [9.17, 15) is 13.2 Å². The Hall–Kier alpha value is -2.86. The molecule has 1 atom stereocenters. The molecule has 0 radical (unpaired) electrons. The van der Waals surface area contributed by atoms with Gasteiger partial charge in [0.05, 0.1) is 16.5 Å². The van der Waals surface area contributed by atoms with Gasteiger partial charge in [0, 0.05) is 23.3 Å². The first-order chi connectivity index (χ1) is 13.2. The third-order valence-corrected chi connectivity index (χ3v) is 5.97. The summed E-state index contributed by atoms with van der Waals surface area (Å²) in [6, 6.07) is 18.1. The number of hydrogen-bond acceptors (Lipinski definition) is 3. The van der Waals surface area contributed by atoms with E-state index in [0.717, 1.165) is 22.6 Å². The number of aryl methyl sites for hydroxylation is 1. The van der Waals surface area contributed by atoms with Crippen molar-refractivity contribution in [1.29, 1.82) is 0 Å². The number of carbonyl (C=O) groups excluding carboxylic acids is 1. The predicted molar refractivity (Wildman–Crippen MR) is 111 cm³/mol. The number of para-hydroxylation sites is 1. The minimum atomic E-state index is -3.24. The van der Waals surface area contributed by atoms with Gasteiger partial charge in [-0.2, -0.15) is 0 Å². The van der Waals surface area contributed by atoms with Crippen LogP contribution in [0.3, 0.4) is 0 Å². The molecule has 0 aliphatic carbocycles. The molecule has 1 unspecified atom stereocenters. The molecule has 0 spiro atoms. The topological polar surface area (TPSA) is 68.2 Å². The molecular formula is C22H24N2O3S. The number of rotatable bonds is 5. The highest BCUT2D eigenvalue weighted by molar-refractivity contribution is 7.90. The van der Waals surface area contributed by atoms with Crippen LogP contribution in [0.5, 0.6) is 0 Å². The van der Waals surface area contributed by atoms with Crippen LogP contribution >= 0.6 is 0 Å². The van der Waals surface area contributed by atoms with Gasteiger partial charge in [-0.15, -0.1) is 0 Å². The fourth-order valence-electron chi connectivity index (χ4n) is 3.33. The lowest BCUT2D eigenvalue weighted by Crippen LogP contribution is -2.27. The summed E-state index contributed by atoms with van der Waals surface area (Å²) in [5.41, 5.74) is 4.35. The summed E-state index contributed by atoms with van der Waals surface area (Å²) < 4.78 is 25.2. The van der Waals surface area contributed by atoms with E-state index < -0.39 is 9.84 Å². The third-order valence-electron chi connectivity index (χ3n) is 4.85. The lowest BCUT2D eigenvalue weighted by atomic mass is 10.1. The van der Waals surface area contributed by atoms with E-state index in [1.54, 1.807) is 24.3 Å². The summed E-state index contributed by atoms with van der Waals surface area (Å²) in [7, 11) is -3.24. The number of benzene rings is 2. The van der Waals surface area contributed by atoms with Crippen molar-refractivity contribution >= 4 is 15.7 Å². The molecule has 0 bridgehead atoms. The van der Waals surface area contributed by atoms with Gasteiger partial charge in [-0.25, -0.2) is 8.42 Å². The van der Waals surface area contributed by atoms with E-state index >= 15 is 0 Å². The van der Waals surface area contributed by atoms with Crippen molar-refractivity contribution < 1.29 is 13.2 Å². The smallest absolute Gasteiger partial charge is 0.253 e. The van der Waals surface area contributed by atoms with E-state index in [0.29, 0.717) is 5.56 Å². The Labute approximate surface area is 165 Å². The highest BCUT2D eigenvalue weighted by Crippen LogP contribution is 2.22. The molecule has 0 fully saturated rings. The minimum Gasteiger partial charge on any atom is -0.345 e. The molecule has 0 saturated heterocycles. The summed E-state index contributed by atoms with van der Waals surface area (Å²) in [6.45, 7) is 5.79. The molecule has 0 saturated carbocycles. The van der Waals surface area contributed by atoms with Crippen molar-refractivity contribution in [3.8, 4) is 5.69 Å². The average Bonchev–Trinajstić information content (AvgIpc) is 2.96. The molecule has 5 nitrogen and oxygen atoms in total. The number of nitrogens with zero attached hydrogens (tertiary/aromatic N) is 1. The summed E-state index contributed by atoms with van der Waals surface area (Å²) in [4.78, 5) is 13.1. The highest BCUT2D eigenvalue weighted by atomic mass is 32.2. The minimum absolute atomic E-state index is 0.157. The second-order valence-corrected chi connectivity index (χ2v) is 9.01. The van der Waals surface area contributed by atoms with Crippen LogP contribution in [0.1, 0.15) is 40.3 Å². The van der Waals surface area contributed by atoms with Crippen molar-refractivity contribution in [1.82, 2.24) is 9.88 Å². The Bertz CT molecular complexity index is 1100. The molecule has 1 amide bonds. The second-order valence-electron chi connectivity index (χ2n) is 6.99. The number of nitrogens with one attached hydrogen (secondary N) is 1. The molecule has 0 aliphatic heterocycles. The number of amides is 1. The van der Waals surface area contributed by atoms with E-state index in [1.165, 1.54) is 6.26 Å². The Morgan fingerprint density at radius 1 is 1.00 bits per heavy atom. The summed E-state index contributed by atoms with van der Waals surface area (Å²) in [5, 5.41) is 3.00. The van der Waals surface area contributed by atoms with Gasteiger partial charge >= 0.3 is 0 Å². The molecule has 3 rings (SSSR count). The van der Waals surface area contributed by atoms with Gasteiger partial charge in [-0.1, -0.05) is 30.3 Å². The maximum absolute atomic E-state index is 12.9. The Kier molecular flexibility index (Phi) is 5.42. The van der Waals surface area contributed by atoms with Gasteiger partial charge in [0.15, 0.2) is 9.84 Å². The summed E-state index contributed by atoms with van der Waals surface area (Å²) in [6.07, 6.45) is 1.18. The lowest BCUT2D eigenvalue weighted by molar-refractivity contribution is 0.0939. The van der Waals surface area contributed by atoms with E-state index in [-0.39, 0.29) is 16.8 Å². The van der Waals surface area contributed by atoms with Crippen LogP contribution in [0.2, 0.25) is 0 Å². The van der Waals surface area contributed by atoms with Gasteiger partial charge in [0.1, 0.15) is 0 Å². The molecule has 3 aromatic rings. The monoisotopic (exact) mass is 396 g/mol. The Balaban J connectivity index is 1.82. The van der Waals surface area contributed by atoms with Gasteiger partial charge in [-0.05, 0) is 56.7 Å². The molecule has 1 N–H and O–H groups in total. The number of carbonyl (C=O) groups is 1. The van der Waals surface area contributed by atoms with Crippen LogP contribution in [0, 0.1) is 13.8 Å². The zero-order valence-electron chi connectivity index (χ0n) is 16.4. The van der Waals surface area contributed by atoms with Gasteiger partial charge < -0.3 is 9.88 Å². The Morgan fingerprint density at radius 2 is 1.61 bits per heavy atom. The molecule has 1 heterocycles. The fraction of sp³-hybridized carbons (Fsp3) is 0.227. The third kappa shape index (κ3) is 4.02. The van der Waals surface area contributed by atoms with Crippen LogP contribution in [0.4, 0.5) is 0 Å². The summed E-state index contributed by atoms with van der Waals surface area (Å²) >= 11 is 0. The largest absolute Gasteiger partial charge is 0.345 e. The summed E-state index contributed by atoms with van der Waals surface area (Å²) in [5.74, 6) is -0.157. The number of sulfone groups is 1. The van der Waals surface area contributed by atoms with Crippen molar-refractivity contribution in [3.05, 3.63) is 83.2 Å². The first-order valence-electron chi connectivity index (χ1n) is 9.03. The van der Waals surface area contributed by atoms with Crippen molar-refractivity contribution in [2.24, 2.45) is 0 Å². The van der Waals surface area contributed by atoms with Crippen molar-refractivity contribution in [3.63, 3.8) is 0 Å². The SMILES string of the molecule is Cc1cc(C(=O)NC(C)c2ccc(S(C)(=O)=O)cc2)c(C)n1-c1ccccc1. The van der Waals surface area contributed by atoms with Crippen LogP contribution in [-0.4, -0.2) is 25.1 Å². The van der Waals surface area contributed by atoms with Crippen LogP contribution in [0.25, 0.3) is 5.69 Å². The van der Waals surface area contributed by atoms with E-state index in [4.69, 9.17) is 0 Å². The maximum Gasteiger partial charge on any atom is 0.253 e. The zero-order chi connectivity index (χ0) is 20.5. The van der Waals surface area contributed by atoms with Crippen molar-refractivity contribution in [2.45, 2.75) is 31.7 Å². The maximum atomic E-state index is 12.9. The number of hydrogen-bond donors (Lipinski definition) is 1. The van der Waals surface area contributed by atoms with Crippen LogP contribution < -0.4 is 5.32 Å². The zero-order valence-corrected chi connectivity index (χ0v) is 17.2. The highest BCUT2D eigenvalue weighted by Gasteiger charge is 2.19. The standard InChI is InChI=1S/C22H24N2O3S/c1-15-14-21(17(3)24(15)19-8-6-5-7-9-19)22(25)23-16(2)18-10-12-20(13-11-18)28(4,26)27/h5-14,16H,1-4H3,(H,23,25). The second kappa shape index (κ2) is 7.64. The fourth-order valence-corrected chi connectivity index (χ4v) is 3.96. The molecule has 1 aromatic heterocycles. The van der Waals surface area contributed by atoms with Crippen LogP contribution in [-0.2, 0) is 9.84 Å². The normalized spacial score (nSPS) is 12.6. The average molecular weight is 397 g/mol. The quantitative estimate of drug-likeness (QED) is 0.709. The van der Waals surface area contributed by atoms with E-state index in [2.05, 4.69) is 9.88 Å². The first-order valence-corrected chi connectivity index (χ1v) is 10.9. The Morgan fingerprint density at radius 3 is 2.18 bits per heavy atom. The molecule has 2 aromatic carbocycles. The predicted octanol–water partition coefficient (Wildman–Crippen LogP) is 3.99. The molecule has 0 aliphatic rings. The van der Waals surface area contributed by atoms with Gasteiger partial charge in [0.25, 0.3) is 5.91 Å². The lowest BCUT2D eigenvalue weighted by Gasteiger charge is -2.15. The molecule has 146 valence electrons. The van der Waals surface area contributed by atoms with E-state index in [1.807, 2.05) is 57.2 Å². The van der Waals surface area contributed by atoms with Crippen LogP contribution in [0.15, 0.2) is 65.6 Å². The first kappa shape index (κ1) is 19.9. The molecular weight excluding hydrogens is 372 g/mol. The molecule has 28 heavy (non-hydrogen) atoms. The van der Waals surface area contributed by atoms with Gasteiger partial charge in [-0.3, -0.25) is 4.79 Å². The number of aromatic nitrogens is 1. The molecule has 6 heteroatoms.